The van der Waals surface area contributed by atoms with Crippen LogP contribution in [0.1, 0.15) is 33.6 Å². The number of nitrogens with zero attached hydrogens (tertiary/aromatic N) is 1. The van der Waals surface area contributed by atoms with Crippen LogP contribution in [0.5, 0.6) is 11.5 Å². The molecule has 2 aromatic carbocycles. The first-order valence-corrected chi connectivity index (χ1v) is 15.1. The highest BCUT2D eigenvalue weighted by atomic mass is 31.1. The standard InChI is InChI=1S/C27H41NO2P2/c1-8-31(9-2)27-21(20(3)28(4)5)18-19-26(27)32(24-16-12-10-14-22(24)29-6)25-17-13-11-15-23(25)30-7/h10-17,20-21,26-27H,8-9,18-19H2,1-7H3/t20-,21?,26+,27?/m1/s1. The Morgan fingerprint density at radius 1 is 0.875 bits per heavy atom. The predicted octanol–water partition coefficient (Wildman–Crippen LogP) is 5.76. The van der Waals surface area contributed by atoms with E-state index in [0.717, 1.165) is 23.1 Å². The Hall–Kier alpha value is -1.14. The number of rotatable bonds is 10. The fourth-order valence-electron chi connectivity index (χ4n) is 5.49. The first-order valence-electron chi connectivity index (χ1n) is 11.9. The number of benzene rings is 2. The Morgan fingerprint density at radius 2 is 1.38 bits per heavy atom. The molecule has 0 N–H and O–H groups in total. The van der Waals surface area contributed by atoms with Crippen molar-refractivity contribution >= 4 is 26.5 Å². The van der Waals surface area contributed by atoms with E-state index in [-0.39, 0.29) is 7.92 Å². The van der Waals surface area contributed by atoms with Crippen molar-refractivity contribution in [2.75, 3.05) is 40.6 Å². The molecule has 1 saturated carbocycles. The molecule has 1 fully saturated rings. The minimum absolute atomic E-state index is 0.0263. The van der Waals surface area contributed by atoms with Crippen LogP contribution < -0.4 is 20.1 Å². The Labute approximate surface area is 198 Å². The van der Waals surface area contributed by atoms with Crippen LogP contribution in [-0.2, 0) is 0 Å². The molecule has 3 nitrogen and oxygen atoms in total. The van der Waals surface area contributed by atoms with Crippen molar-refractivity contribution in [1.82, 2.24) is 4.90 Å². The third-order valence-electron chi connectivity index (χ3n) is 7.32. The second kappa shape index (κ2) is 11.8. The maximum absolute atomic E-state index is 5.91. The Bertz CT molecular complexity index is 808. The lowest BCUT2D eigenvalue weighted by molar-refractivity contribution is 0.232. The quantitative estimate of drug-likeness (QED) is 0.410. The van der Waals surface area contributed by atoms with Crippen LogP contribution in [0, 0.1) is 5.92 Å². The van der Waals surface area contributed by atoms with Crippen LogP contribution >= 0.6 is 15.8 Å². The van der Waals surface area contributed by atoms with E-state index in [1.165, 1.54) is 35.8 Å². The third kappa shape index (κ3) is 5.16. The summed E-state index contributed by atoms with van der Waals surface area (Å²) in [5.74, 6) is 2.78. The van der Waals surface area contributed by atoms with E-state index in [2.05, 4.69) is 88.3 Å². The molecule has 3 rings (SSSR count). The summed E-state index contributed by atoms with van der Waals surface area (Å²) in [5.41, 5.74) is 1.41. The van der Waals surface area contributed by atoms with Gasteiger partial charge in [-0.15, -0.1) is 7.92 Å². The van der Waals surface area contributed by atoms with E-state index >= 15 is 0 Å². The molecule has 2 unspecified atom stereocenters. The summed E-state index contributed by atoms with van der Waals surface area (Å²) in [4.78, 5) is 2.44. The molecule has 0 aliphatic heterocycles. The van der Waals surface area contributed by atoms with Gasteiger partial charge in [0, 0.05) is 16.7 Å². The fourth-order valence-corrected chi connectivity index (χ4v) is 12.5. The average Bonchev–Trinajstić information content (AvgIpc) is 3.24. The molecular formula is C27H41NO2P2. The second-order valence-corrected chi connectivity index (χ2v) is 14.3. The lowest BCUT2D eigenvalue weighted by Gasteiger charge is -2.40. The number of hydrogen-bond acceptors (Lipinski definition) is 3. The van der Waals surface area contributed by atoms with Gasteiger partial charge in [-0.3, -0.25) is 0 Å². The first kappa shape index (κ1) is 25.5. The molecule has 1 aliphatic rings. The summed E-state index contributed by atoms with van der Waals surface area (Å²) in [6.45, 7) is 7.26. The summed E-state index contributed by atoms with van der Waals surface area (Å²) < 4.78 is 11.8. The van der Waals surface area contributed by atoms with Crippen LogP contribution in [-0.4, -0.2) is 62.9 Å². The van der Waals surface area contributed by atoms with E-state index in [1.54, 1.807) is 0 Å². The van der Waals surface area contributed by atoms with Gasteiger partial charge in [0.1, 0.15) is 11.5 Å². The SMILES string of the molecule is CCP(CC)C1C([C@@H](C)N(C)C)CC[C@@H]1P(c1ccccc1OC)c1ccccc1OC. The molecule has 0 spiro atoms. The topological polar surface area (TPSA) is 21.7 Å². The maximum atomic E-state index is 5.91. The van der Waals surface area contributed by atoms with Crippen molar-refractivity contribution in [1.29, 1.82) is 0 Å². The van der Waals surface area contributed by atoms with E-state index in [4.69, 9.17) is 9.47 Å². The van der Waals surface area contributed by atoms with Crippen LogP contribution in [0.15, 0.2) is 48.5 Å². The van der Waals surface area contributed by atoms with Gasteiger partial charge in [0.25, 0.3) is 0 Å². The number of para-hydroxylation sites is 2. The molecule has 0 aromatic heterocycles. The Balaban J connectivity index is 2.18. The van der Waals surface area contributed by atoms with Crippen LogP contribution in [0.25, 0.3) is 0 Å². The number of methoxy groups -OCH3 is 2. The molecule has 32 heavy (non-hydrogen) atoms. The normalized spacial score (nSPS) is 22.0. The summed E-state index contributed by atoms with van der Waals surface area (Å²) in [6.07, 6.45) is 5.22. The molecule has 0 bridgehead atoms. The van der Waals surface area contributed by atoms with Gasteiger partial charge in [-0.2, -0.15) is 0 Å². The van der Waals surface area contributed by atoms with Crippen LogP contribution in [0.2, 0.25) is 0 Å². The van der Waals surface area contributed by atoms with Gasteiger partial charge in [0.15, 0.2) is 0 Å². The van der Waals surface area contributed by atoms with Crippen molar-refractivity contribution in [3.05, 3.63) is 48.5 Å². The van der Waals surface area contributed by atoms with Gasteiger partial charge in [-0.25, -0.2) is 0 Å². The van der Waals surface area contributed by atoms with Gasteiger partial charge >= 0.3 is 0 Å². The van der Waals surface area contributed by atoms with E-state index in [1.807, 2.05) is 14.2 Å². The van der Waals surface area contributed by atoms with Crippen molar-refractivity contribution in [3.63, 3.8) is 0 Å². The van der Waals surface area contributed by atoms with Gasteiger partial charge < -0.3 is 14.4 Å². The van der Waals surface area contributed by atoms with Gasteiger partial charge in [-0.1, -0.05) is 50.2 Å². The molecule has 4 atom stereocenters. The Morgan fingerprint density at radius 3 is 1.81 bits per heavy atom. The molecule has 5 heteroatoms. The highest BCUT2D eigenvalue weighted by molar-refractivity contribution is 7.75. The molecule has 0 amide bonds. The van der Waals surface area contributed by atoms with Crippen molar-refractivity contribution in [3.8, 4) is 11.5 Å². The molecular weight excluding hydrogens is 432 g/mol. The van der Waals surface area contributed by atoms with Gasteiger partial charge in [0.05, 0.1) is 14.2 Å². The van der Waals surface area contributed by atoms with Crippen LogP contribution in [0.4, 0.5) is 0 Å². The van der Waals surface area contributed by atoms with Crippen molar-refractivity contribution in [2.45, 2.75) is 51.0 Å². The van der Waals surface area contributed by atoms with Crippen LogP contribution in [0.3, 0.4) is 0 Å². The summed E-state index contributed by atoms with van der Waals surface area (Å²) in [7, 11) is 7.48. The molecule has 0 saturated heterocycles. The Kier molecular flexibility index (Phi) is 9.42. The molecule has 2 aromatic rings. The van der Waals surface area contributed by atoms with E-state index in [0.29, 0.717) is 11.7 Å². The summed E-state index contributed by atoms with van der Waals surface area (Å²) in [6, 6.07) is 18.0. The highest BCUT2D eigenvalue weighted by Gasteiger charge is 2.47. The zero-order valence-electron chi connectivity index (χ0n) is 20.9. The second-order valence-electron chi connectivity index (χ2n) is 8.94. The lowest BCUT2D eigenvalue weighted by atomic mass is 9.98. The minimum atomic E-state index is -0.611. The zero-order valence-corrected chi connectivity index (χ0v) is 22.7. The number of hydrogen-bond donors (Lipinski definition) is 0. The third-order valence-corrected chi connectivity index (χ3v) is 13.8. The van der Waals surface area contributed by atoms with Crippen molar-refractivity contribution < 1.29 is 9.47 Å². The zero-order chi connectivity index (χ0) is 23.3. The maximum Gasteiger partial charge on any atom is 0.126 e. The first-order chi connectivity index (χ1) is 15.5. The predicted molar refractivity (Wildman–Crippen MR) is 144 cm³/mol. The fraction of sp³-hybridized carbons (Fsp3) is 0.556. The molecule has 1 aliphatic carbocycles. The summed E-state index contributed by atoms with van der Waals surface area (Å²) >= 11 is 0. The minimum Gasteiger partial charge on any atom is -0.496 e. The molecule has 0 heterocycles. The van der Waals surface area contributed by atoms with Gasteiger partial charge in [-0.05, 0) is 83.5 Å². The molecule has 176 valence electrons. The largest absolute Gasteiger partial charge is 0.496 e. The van der Waals surface area contributed by atoms with E-state index < -0.39 is 7.92 Å². The number of ether oxygens (including phenoxy) is 2. The average molecular weight is 474 g/mol. The monoisotopic (exact) mass is 473 g/mol. The smallest absolute Gasteiger partial charge is 0.126 e. The van der Waals surface area contributed by atoms with E-state index in [9.17, 15) is 0 Å². The van der Waals surface area contributed by atoms with Gasteiger partial charge in [0.2, 0.25) is 0 Å². The van der Waals surface area contributed by atoms with Crippen molar-refractivity contribution in [2.24, 2.45) is 5.92 Å². The molecule has 0 radical (unpaired) electrons. The highest BCUT2D eigenvalue weighted by Crippen LogP contribution is 2.62. The summed E-state index contributed by atoms with van der Waals surface area (Å²) in [5, 5.41) is 2.73. The lowest BCUT2D eigenvalue weighted by Crippen LogP contribution is -2.40.